The van der Waals surface area contributed by atoms with E-state index in [9.17, 15) is 9.59 Å². The van der Waals surface area contributed by atoms with Crippen LogP contribution in [0.1, 0.15) is 12.5 Å². The zero-order chi connectivity index (χ0) is 19.8. The SMILES string of the molecule is O=C(CC1CSc2nc3c(cnn3-c3ccccc3)c(=O)n21)Nc1ccccc1. The van der Waals surface area contributed by atoms with Crippen molar-refractivity contribution in [2.45, 2.75) is 17.6 Å². The summed E-state index contributed by atoms with van der Waals surface area (Å²) in [6.45, 7) is 0. The monoisotopic (exact) mass is 403 g/mol. The molecule has 0 spiro atoms. The Hall–Kier alpha value is -3.39. The van der Waals surface area contributed by atoms with Gasteiger partial charge in [0.2, 0.25) is 5.91 Å². The van der Waals surface area contributed by atoms with E-state index in [-0.39, 0.29) is 23.9 Å². The largest absolute Gasteiger partial charge is 0.326 e. The summed E-state index contributed by atoms with van der Waals surface area (Å²) in [7, 11) is 0. The summed E-state index contributed by atoms with van der Waals surface area (Å²) in [5.41, 5.74) is 1.97. The van der Waals surface area contributed by atoms with E-state index < -0.39 is 0 Å². The lowest BCUT2D eigenvalue weighted by Gasteiger charge is -2.13. The molecule has 1 unspecified atom stereocenters. The van der Waals surface area contributed by atoms with Crippen LogP contribution in [-0.2, 0) is 4.79 Å². The third-order valence-electron chi connectivity index (χ3n) is 4.85. The molecule has 5 rings (SSSR count). The van der Waals surface area contributed by atoms with Crippen molar-refractivity contribution >= 4 is 34.4 Å². The first-order chi connectivity index (χ1) is 14.2. The summed E-state index contributed by atoms with van der Waals surface area (Å²) in [6.07, 6.45) is 1.77. The fraction of sp³-hybridized carbons (Fsp3) is 0.143. The van der Waals surface area contributed by atoms with E-state index in [4.69, 9.17) is 0 Å². The summed E-state index contributed by atoms with van der Waals surface area (Å²) in [6, 6.07) is 18.7. The lowest BCUT2D eigenvalue weighted by atomic mass is 10.2. The van der Waals surface area contributed by atoms with Crippen LogP contribution in [0.2, 0.25) is 0 Å². The van der Waals surface area contributed by atoms with E-state index >= 15 is 0 Å². The summed E-state index contributed by atoms with van der Waals surface area (Å²) in [5.74, 6) is 0.511. The van der Waals surface area contributed by atoms with Gasteiger partial charge in [-0.3, -0.25) is 14.2 Å². The molecule has 0 bridgehead atoms. The van der Waals surface area contributed by atoms with Crippen molar-refractivity contribution in [2.24, 2.45) is 0 Å². The molecule has 144 valence electrons. The first kappa shape index (κ1) is 17.7. The Bertz CT molecular complexity index is 1250. The van der Waals surface area contributed by atoms with Gasteiger partial charge in [-0.15, -0.1) is 0 Å². The Morgan fingerprint density at radius 3 is 2.59 bits per heavy atom. The topological polar surface area (TPSA) is 81.8 Å². The molecular formula is C21H17N5O2S. The number of amides is 1. The Morgan fingerprint density at radius 1 is 1.10 bits per heavy atom. The van der Waals surface area contributed by atoms with Gasteiger partial charge in [0.25, 0.3) is 5.56 Å². The Morgan fingerprint density at radius 2 is 1.83 bits per heavy atom. The maximum Gasteiger partial charge on any atom is 0.265 e. The molecular weight excluding hydrogens is 386 g/mol. The number of hydrogen-bond donors (Lipinski definition) is 1. The molecule has 3 heterocycles. The van der Waals surface area contributed by atoms with E-state index in [1.807, 2.05) is 60.7 Å². The number of rotatable bonds is 4. The van der Waals surface area contributed by atoms with E-state index in [0.29, 0.717) is 21.9 Å². The van der Waals surface area contributed by atoms with Gasteiger partial charge >= 0.3 is 0 Å². The lowest BCUT2D eigenvalue weighted by Crippen LogP contribution is -2.27. The molecule has 1 atom stereocenters. The number of carbonyl (C=O) groups is 1. The van der Waals surface area contributed by atoms with Gasteiger partial charge in [-0.25, -0.2) is 9.67 Å². The predicted octanol–water partition coefficient (Wildman–Crippen LogP) is 3.26. The zero-order valence-corrected chi connectivity index (χ0v) is 16.2. The fourth-order valence-electron chi connectivity index (χ4n) is 3.49. The van der Waals surface area contributed by atoms with Crippen LogP contribution in [-0.4, -0.2) is 31.0 Å². The van der Waals surface area contributed by atoms with Crippen molar-refractivity contribution in [1.29, 1.82) is 0 Å². The van der Waals surface area contributed by atoms with E-state index in [2.05, 4.69) is 15.4 Å². The Labute approximate surface area is 170 Å². The van der Waals surface area contributed by atoms with Crippen molar-refractivity contribution in [3.63, 3.8) is 0 Å². The van der Waals surface area contributed by atoms with Gasteiger partial charge in [-0.2, -0.15) is 5.10 Å². The summed E-state index contributed by atoms with van der Waals surface area (Å²) < 4.78 is 3.31. The van der Waals surface area contributed by atoms with Gasteiger partial charge in [0, 0.05) is 17.9 Å². The first-order valence-electron chi connectivity index (χ1n) is 9.24. The summed E-state index contributed by atoms with van der Waals surface area (Å²) >= 11 is 1.49. The van der Waals surface area contributed by atoms with Gasteiger partial charge in [-0.1, -0.05) is 48.2 Å². The van der Waals surface area contributed by atoms with Crippen LogP contribution in [0.15, 0.2) is 76.8 Å². The molecule has 8 heteroatoms. The fourth-order valence-corrected chi connectivity index (χ4v) is 4.62. The number of fused-ring (bicyclic) bond motifs is 2. The zero-order valence-electron chi connectivity index (χ0n) is 15.4. The molecule has 0 saturated carbocycles. The third-order valence-corrected chi connectivity index (χ3v) is 5.95. The number of nitrogens with one attached hydrogen (secondary N) is 1. The van der Waals surface area contributed by atoms with E-state index in [1.54, 1.807) is 15.4 Å². The van der Waals surface area contributed by atoms with Crippen LogP contribution >= 0.6 is 11.8 Å². The van der Waals surface area contributed by atoms with Crippen LogP contribution in [0.5, 0.6) is 0 Å². The molecule has 29 heavy (non-hydrogen) atoms. The van der Waals surface area contributed by atoms with Crippen LogP contribution < -0.4 is 10.9 Å². The molecule has 2 aromatic carbocycles. The molecule has 1 aliphatic rings. The van der Waals surface area contributed by atoms with Crippen molar-refractivity contribution in [2.75, 3.05) is 11.1 Å². The Balaban J connectivity index is 1.46. The van der Waals surface area contributed by atoms with Gasteiger partial charge in [0.1, 0.15) is 5.39 Å². The predicted molar refractivity (Wildman–Crippen MR) is 113 cm³/mol. The van der Waals surface area contributed by atoms with Gasteiger partial charge in [0.15, 0.2) is 10.8 Å². The minimum atomic E-state index is -0.233. The average Bonchev–Trinajstić information content (AvgIpc) is 3.34. The number of carbonyl (C=O) groups excluding carboxylic acids is 1. The molecule has 0 fully saturated rings. The van der Waals surface area contributed by atoms with Crippen molar-refractivity contribution in [3.05, 3.63) is 77.2 Å². The highest BCUT2D eigenvalue weighted by Crippen LogP contribution is 2.33. The number of thioether (sulfide) groups is 1. The molecule has 7 nitrogen and oxygen atoms in total. The minimum absolute atomic E-state index is 0.123. The first-order valence-corrected chi connectivity index (χ1v) is 10.2. The van der Waals surface area contributed by atoms with Crippen LogP contribution in [0.25, 0.3) is 16.7 Å². The maximum atomic E-state index is 13.1. The van der Waals surface area contributed by atoms with Gasteiger partial charge in [0.05, 0.1) is 17.9 Å². The molecule has 0 aliphatic carbocycles. The normalized spacial score (nSPS) is 15.4. The number of hydrogen-bond acceptors (Lipinski definition) is 5. The molecule has 4 aromatic rings. The van der Waals surface area contributed by atoms with Crippen molar-refractivity contribution in [3.8, 4) is 5.69 Å². The number of aromatic nitrogens is 4. The second-order valence-corrected chi connectivity index (χ2v) is 7.77. The highest BCUT2D eigenvalue weighted by atomic mass is 32.2. The molecule has 2 aromatic heterocycles. The van der Waals surface area contributed by atoms with Gasteiger partial charge < -0.3 is 5.32 Å². The van der Waals surface area contributed by atoms with Crippen LogP contribution in [0, 0.1) is 0 Å². The van der Waals surface area contributed by atoms with Crippen molar-refractivity contribution in [1.82, 2.24) is 19.3 Å². The molecule has 1 N–H and O–H groups in total. The van der Waals surface area contributed by atoms with Crippen molar-refractivity contribution < 1.29 is 4.79 Å². The number of nitrogens with zero attached hydrogens (tertiary/aromatic N) is 4. The molecule has 0 saturated heterocycles. The lowest BCUT2D eigenvalue weighted by molar-refractivity contribution is -0.116. The van der Waals surface area contributed by atoms with E-state index in [0.717, 1.165) is 11.4 Å². The van der Waals surface area contributed by atoms with Gasteiger partial charge in [-0.05, 0) is 24.3 Å². The average molecular weight is 403 g/mol. The molecule has 1 amide bonds. The second-order valence-electron chi connectivity index (χ2n) is 6.78. The number of benzene rings is 2. The third kappa shape index (κ3) is 3.21. The summed E-state index contributed by atoms with van der Waals surface area (Å²) in [4.78, 5) is 30.3. The molecule has 0 radical (unpaired) electrons. The molecule has 1 aliphatic heterocycles. The number of anilines is 1. The van der Waals surface area contributed by atoms with E-state index in [1.165, 1.54) is 11.8 Å². The highest BCUT2D eigenvalue weighted by Gasteiger charge is 2.29. The highest BCUT2D eigenvalue weighted by molar-refractivity contribution is 7.99. The number of para-hydroxylation sites is 2. The van der Waals surface area contributed by atoms with Crippen LogP contribution in [0.3, 0.4) is 0 Å². The second kappa shape index (κ2) is 7.21. The standard InChI is InChI=1S/C21H17N5O2S/c27-18(23-14-7-3-1-4-8-14)11-16-13-29-21-24-19-17(20(28)25(16)21)12-22-26(19)15-9-5-2-6-10-15/h1-10,12,16H,11,13H2,(H,23,27). The quantitative estimate of drug-likeness (QED) is 0.529. The Kier molecular flexibility index (Phi) is 4.40. The minimum Gasteiger partial charge on any atom is -0.326 e. The smallest absolute Gasteiger partial charge is 0.265 e. The summed E-state index contributed by atoms with van der Waals surface area (Å²) in [5, 5.41) is 8.32. The van der Waals surface area contributed by atoms with Crippen LogP contribution in [0.4, 0.5) is 5.69 Å². The maximum absolute atomic E-state index is 13.1.